The van der Waals surface area contributed by atoms with E-state index in [9.17, 15) is 14.9 Å². The molecule has 1 amide bonds. The number of anilines is 3. The van der Waals surface area contributed by atoms with Crippen LogP contribution in [-0.4, -0.2) is 36.3 Å². The van der Waals surface area contributed by atoms with Crippen molar-refractivity contribution in [2.45, 2.75) is 0 Å². The van der Waals surface area contributed by atoms with Crippen LogP contribution in [0.25, 0.3) is 11.1 Å². The van der Waals surface area contributed by atoms with Gasteiger partial charge < -0.3 is 25.2 Å². The van der Waals surface area contributed by atoms with Gasteiger partial charge in [0.25, 0.3) is 5.91 Å². The Balaban J connectivity index is 1.73. The van der Waals surface area contributed by atoms with E-state index in [4.69, 9.17) is 14.6 Å². The van der Waals surface area contributed by atoms with Crippen LogP contribution in [0.15, 0.2) is 54.6 Å². The molecule has 0 radical (unpaired) electrons. The molecular formula is C22H19N3O6. The van der Waals surface area contributed by atoms with E-state index >= 15 is 0 Å². The zero-order valence-electron chi connectivity index (χ0n) is 16.5. The molecular weight excluding hydrogens is 402 g/mol. The molecule has 158 valence electrons. The van der Waals surface area contributed by atoms with E-state index in [2.05, 4.69) is 10.6 Å². The first-order valence-corrected chi connectivity index (χ1v) is 9.43. The van der Waals surface area contributed by atoms with Crippen LogP contribution < -0.4 is 20.1 Å². The van der Waals surface area contributed by atoms with Crippen molar-refractivity contribution in [1.29, 1.82) is 0 Å². The van der Waals surface area contributed by atoms with Gasteiger partial charge in [-0.3, -0.25) is 14.9 Å². The van der Waals surface area contributed by atoms with Crippen LogP contribution >= 0.6 is 0 Å². The van der Waals surface area contributed by atoms with Crippen molar-refractivity contribution in [2.75, 3.05) is 31.0 Å². The number of ether oxygens (including phenoxy) is 2. The lowest BCUT2D eigenvalue weighted by Gasteiger charge is -2.12. The normalized spacial score (nSPS) is 12.0. The van der Waals surface area contributed by atoms with Crippen molar-refractivity contribution in [3.05, 3.63) is 70.3 Å². The molecule has 1 heterocycles. The molecule has 9 heteroatoms. The zero-order chi connectivity index (χ0) is 22.0. The highest BCUT2D eigenvalue weighted by Gasteiger charge is 2.21. The molecule has 0 bridgehead atoms. The Morgan fingerprint density at radius 1 is 0.968 bits per heavy atom. The van der Waals surface area contributed by atoms with Crippen LogP contribution in [0.3, 0.4) is 0 Å². The number of aliphatic hydroxyl groups excluding tert-OH is 1. The summed E-state index contributed by atoms with van der Waals surface area (Å²) in [4.78, 5) is 23.3. The molecule has 0 atom stereocenters. The minimum Gasteiger partial charge on any atom is -0.491 e. The van der Waals surface area contributed by atoms with Gasteiger partial charge in [0.2, 0.25) is 0 Å². The van der Waals surface area contributed by atoms with E-state index in [0.29, 0.717) is 33.9 Å². The molecule has 4 rings (SSSR count). The lowest BCUT2D eigenvalue weighted by atomic mass is 10.0. The van der Waals surface area contributed by atoms with Crippen molar-refractivity contribution >= 4 is 28.7 Å². The maximum Gasteiger partial charge on any atom is 0.310 e. The summed E-state index contributed by atoms with van der Waals surface area (Å²) in [6, 6.07) is 15.0. The Morgan fingerprint density at radius 3 is 2.48 bits per heavy atom. The maximum atomic E-state index is 12.7. The Kier molecular flexibility index (Phi) is 5.42. The van der Waals surface area contributed by atoms with Gasteiger partial charge in [0.1, 0.15) is 12.4 Å². The van der Waals surface area contributed by atoms with E-state index in [-0.39, 0.29) is 30.6 Å². The van der Waals surface area contributed by atoms with Crippen molar-refractivity contribution in [3.8, 4) is 22.6 Å². The van der Waals surface area contributed by atoms with E-state index < -0.39 is 4.92 Å². The number of aliphatic hydroxyl groups is 1. The lowest BCUT2D eigenvalue weighted by Crippen LogP contribution is -2.10. The second-order valence-electron chi connectivity index (χ2n) is 6.76. The third kappa shape index (κ3) is 3.99. The van der Waals surface area contributed by atoms with Crippen LogP contribution in [0.4, 0.5) is 22.7 Å². The fourth-order valence-electron chi connectivity index (χ4n) is 3.36. The number of fused-ring (bicyclic) bond motifs is 2. The topological polar surface area (TPSA) is 123 Å². The van der Waals surface area contributed by atoms with Crippen LogP contribution in [0, 0.1) is 10.1 Å². The van der Waals surface area contributed by atoms with E-state index in [1.807, 2.05) is 0 Å². The van der Waals surface area contributed by atoms with Gasteiger partial charge in [-0.1, -0.05) is 6.07 Å². The van der Waals surface area contributed by atoms with Gasteiger partial charge in [-0.25, -0.2) is 0 Å². The number of carbonyl (C=O) groups is 1. The highest BCUT2D eigenvalue weighted by Crippen LogP contribution is 2.38. The lowest BCUT2D eigenvalue weighted by molar-refractivity contribution is -0.385. The van der Waals surface area contributed by atoms with E-state index in [0.717, 1.165) is 5.56 Å². The summed E-state index contributed by atoms with van der Waals surface area (Å²) in [7, 11) is 1.38. The number of benzene rings is 3. The van der Waals surface area contributed by atoms with Gasteiger partial charge in [0.05, 0.1) is 41.3 Å². The molecule has 0 unspecified atom stereocenters. The summed E-state index contributed by atoms with van der Waals surface area (Å²) in [5.41, 5.74) is 3.59. The van der Waals surface area contributed by atoms with E-state index in [1.54, 1.807) is 48.5 Å². The maximum absolute atomic E-state index is 12.7. The first-order valence-electron chi connectivity index (χ1n) is 9.43. The molecule has 31 heavy (non-hydrogen) atoms. The number of nitro groups is 1. The van der Waals surface area contributed by atoms with Gasteiger partial charge >= 0.3 is 5.69 Å². The number of amides is 1. The average Bonchev–Trinajstić information content (AvgIpc) is 2.91. The first kappa shape index (κ1) is 20.2. The first-order chi connectivity index (χ1) is 15.0. The molecule has 0 saturated carbocycles. The number of carbonyl (C=O) groups excluding carboxylic acids is 1. The number of nitrogens with one attached hydrogen (secondary N) is 2. The number of hydrogen-bond acceptors (Lipinski definition) is 7. The summed E-state index contributed by atoms with van der Waals surface area (Å²) >= 11 is 0. The minimum atomic E-state index is -0.501. The van der Waals surface area contributed by atoms with E-state index in [1.165, 1.54) is 13.2 Å². The predicted octanol–water partition coefficient (Wildman–Crippen LogP) is 3.95. The van der Waals surface area contributed by atoms with Gasteiger partial charge in [-0.15, -0.1) is 0 Å². The molecule has 3 aromatic carbocycles. The Hall–Kier alpha value is -4.11. The fraction of sp³-hybridized carbons (Fsp3) is 0.136. The van der Waals surface area contributed by atoms with Gasteiger partial charge in [-0.05, 0) is 47.5 Å². The Bertz CT molecular complexity index is 1180. The van der Waals surface area contributed by atoms with Crippen LogP contribution in [0.1, 0.15) is 10.4 Å². The quantitative estimate of drug-likeness (QED) is 0.407. The fourth-order valence-corrected chi connectivity index (χ4v) is 3.36. The van der Waals surface area contributed by atoms with Crippen molar-refractivity contribution in [3.63, 3.8) is 0 Å². The summed E-state index contributed by atoms with van der Waals surface area (Å²) in [5, 5.41) is 26.2. The van der Waals surface area contributed by atoms with Gasteiger partial charge in [0.15, 0.2) is 5.75 Å². The number of methoxy groups -OCH3 is 1. The highest BCUT2D eigenvalue weighted by atomic mass is 16.6. The third-order valence-corrected chi connectivity index (χ3v) is 4.84. The van der Waals surface area contributed by atoms with Crippen LogP contribution in [0.5, 0.6) is 11.5 Å². The molecule has 0 aromatic heterocycles. The average molecular weight is 421 g/mol. The summed E-state index contributed by atoms with van der Waals surface area (Å²) < 4.78 is 10.6. The minimum absolute atomic E-state index is 0.105. The third-order valence-electron chi connectivity index (χ3n) is 4.84. The second-order valence-corrected chi connectivity index (χ2v) is 6.76. The number of nitrogens with zero attached hydrogens (tertiary/aromatic N) is 1. The summed E-state index contributed by atoms with van der Waals surface area (Å²) in [6.07, 6.45) is 0. The summed E-state index contributed by atoms with van der Waals surface area (Å²) in [6.45, 7) is 0.0556. The smallest absolute Gasteiger partial charge is 0.310 e. The molecule has 3 N–H and O–H groups in total. The van der Waals surface area contributed by atoms with Gasteiger partial charge in [-0.2, -0.15) is 0 Å². The SMILES string of the molecule is COc1cc(-c2ccc3c(c2)Nc2cc(OCCO)ccc2NC3=O)ccc1[N+](=O)[O-]. The van der Waals surface area contributed by atoms with Crippen molar-refractivity contribution < 1.29 is 24.3 Å². The van der Waals surface area contributed by atoms with Crippen LogP contribution in [0.2, 0.25) is 0 Å². The molecule has 0 fully saturated rings. The van der Waals surface area contributed by atoms with Crippen molar-refractivity contribution in [2.24, 2.45) is 0 Å². The Labute approximate surface area is 177 Å². The molecule has 0 saturated heterocycles. The molecule has 0 aliphatic carbocycles. The zero-order valence-corrected chi connectivity index (χ0v) is 16.5. The monoisotopic (exact) mass is 421 g/mol. The molecule has 1 aliphatic rings. The molecule has 1 aliphatic heterocycles. The number of nitro benzene ring substituents is 1. The summed E-state index contributed by atoms with van der Waals surface area (Å²) in [5.74, 6) is 0.437. The number of hydrogen-bond donors (Lipinski definition) is 3. The largest absolute Gasteiger partial charge is 0.491 e. The Morgan fingerprint density at radius 2 is 1.74 bits per heavy atom. The predicted molar refractivity (Wildman–Crippen MR) is 115 cm³/mol. The highest BCUT2D eigenvalue weighted by molar-refractivity contribution is 6.12. The van der Waals surface area contributed by atoms with Crippen molar-refractivity contribution in [1.82, 2.24) is 0 Å². The number of rotatable bonds is 6. The second kappa shape index (κ2) is 8.33. The molecule has 0 spiro atoms. The van der Waals surface area contributed by atoms with Crippen LogP contribution in [-0.2, 0) is 0 Å². The van der Waals surface area contributed by atoms with Gasteiger partial charge in [0, 0.05) is 12.1 Å². The molecule has 9 nitrogen and oxygen atoms in total. The molecule has 3 aromatic rings. The standard InChI is InChI=1S/C22H19N3O6/c1-30-21-11-14(3-7-20(21)25(28)29)13-2-5-16-18(10-13)23-19-12-15(31-9-8-26)4-6-17(19)24-22(16)27/h2-7,10-12,23,26H,8-9H2,1H3,(H,24,27).